The van der Waals surface area contributed by atoms with Gasteiger partial charge in [0, 0.05) is 18.9 Å². The van der Waals surface area contributed by atoms with E-state index in [0.717, 1.165) is 23.0 Å². The number of fused-ring (bicyclic) bond motifs is 1. The van der Waals surface area contributed by atoms with E-state index in [4.69, 9.17) is 0 Å². The van der Waals surface area contributed by atoms with Gasteiger partial charge < -0.3 is 0 Å². The van der Waals surface area contributed by atoms with E-state index in [1.807, 2.05) is 29.9 Å². The number of nitrogens with zero attached hydrogens (tertiary/aromatic N) is 2. The number of aromatic nitrogens is 2. The largest absolute Gasteiger partial charge is 0.299 e. The molecule has 0 amide bonds. The summed E-state index contributed by atoms with van der Waals surface area (Å²) in [5.41, 5.74) is 2.02. The molecule has 0 aliphatic heterocycles. The van der Waals surface area contributed by atoms with Crippen molar-refractivity contribution >= 4 is 16.7 Å². The zero-order chi connectivity index (χ0) is 15.1. The van der Waals surface area contributed by atoms with Gasteiger partial charge in [0.05, 0.1) is 17.6 Å². The van der Waals surface area contributed by atoms with Crippen molar-refractivity contribution in [2.24, 2.45) is 7.05 Å². The molecule has 0 saturated carbocycles. The lowest BCUT2D eigenvalue weighted by atomic mass is 10.0. The smallest absolute Gasteiger partial charge is 0.138 e. The molecule has 0 spiro atoms. The minimum Gasteiger partial charge on any atom is -0.299 e. The van der Waals surface area contributed by atoms with E-state index in [1.54, 1.807) is 0 Å². The molecule has 0 radical (unpaired) electrons. The molecule has 0 fully saturated rings. The zero-order valence-corrected chi connectivity index (χ0v) is 13.3. The maximum atomic E-state index is 12.1. The molecular formula is C18H26N2O. The Morgan fingerprint density at radius 1 is 1.10 bits per heavy atom. The van der Waals surface area contributed by atoms with Crippen LogP contribution in [0.2, 0.25) is 0 Å². The molecular weight excluding hydrogens is 260 g/mol. The summed E-state index contributed by atoms with van der Waals surface area (Å²) in [7, 11) is 1.93. The first kappa shape index (κ1) is 15.7. The highest BCUT2D eigenvalue weighted by molar-refractivity contribution is 5.88. The van der Waals surface area contributed by atoms with Crippen LogP contribution in [-0.2, 0) is 18.3 Å². The topological polar surface area (TPSA) is 34.9 Å². The second kappa shape index (κ2) is 7.96. The molecule has 1 aromatic carbocycles. The van der Waals surface area contributed by atoms with Crippen molar-refractivity contribution in [1.82, 2.24) is 9.78 Å². The number of para-hydroxylation sites is 1. The van der Waals surface area contributed by atoms with Crippen molar-refractivity contribution in [3.05, 3.63) is 30.0 Å². The highest BCUT2D eigenvalue weighted by Crippen LogP contribution is 2.18. The number of carbonyl (C=O) groups excluding carboxylic acids is 1. The summed E-state index contributed by atoms with van der Waals surface area (Å²) in [5, 5.41) is 5.60. The average Bonchev–Trinajstić information content (AvgIpc) is 2.80. The Bertz CT molecular complexity index is 586. The third-order valence-electron chi connectivity index (χ3n) is 4.01. The van der Waals surface area contributed by atoms with Crippen LogP contribution in [-0.4, -0.2) is 15.6 Å². The van der Waals surface area contributed by atoms with E-state index in [2.05, 4.69) is 18.1 Å². The summed E-state index contributed by atoms with van der Waals surface area (Å²) in [6.45, 7) is 2.22. The fourth-order valence-corrected chi connectivity index (χ4v) is 2.80. The van der Waals surface area contributed by atoms with Crippen LogP contribution in [0.15, 0.2) is 24.3 Å². The number of hydrogen-bond donors (Lipinski definition) is 0. The fourth-order valence-electron chi connectivity index (χ4n) is 2.80. The molecule has 0 atom stereocenters. The van der Waals surface area contributed by atoms with Crippen LogP contribution in [0.25, 0.3) is 10.9 Å². The maximum absolute atomic E-state index is 12.1. The number of carbonyl (C=O) groups is 1. The molecule has 1 aromatic heterocycles. The predicted molar refractivity (Wildman–Crippen MR) is 87.4 cm³/mol. The summed E-state index contributed by atoms with van der Waals surface area (Å²) in [6, 6.07) is 8.11. The summed E-state index contributed by atoms with van der Waals surface area (Å²) < 4.78 is 1.86. The first-order chi connectivity index (χ1) is 10.2. The van der Waals surface area contributed by atoms with E-state index in [-0.39, 0.29) is 0 Å². The maximum Gasteiger partial charge on any atom is 0.138 e. The molecule has 2 rings (SSSR count). The molecule has 2 aromatic rings. The number of rotatable bonds is 9. The van der Waals surface area contributed by atoms with Gasteiger partial charge in [-0.15, -0.1) is 0 Å². The van der Waals surface area contributed by atoms with Crippen molar-refractivity contribution in [2.45, 2.75) is 58.3 Å². The SMILES string of the molecule is CCCCCCCCC(=O)Cc1nn(C)c2ccccc12. The van der Waals surface area contributed by atoms with Gasteiger partial charge in [0.2, 0.25) is 0 Å². The fraction of sp³-hybridized carbons (Fsp3) is 0.556. The first-order valence-electron chi connectivity index (χ1n) is 8.14. The van der Waals surface area contributed by atoms with Gasteiger partial charge in [0.25, 0.3) is 0 Å². The minimum atomic E-state index is 0.314. The van der Waals surface area contributed by atoms with E-state index in [1.165, 1.54) is 32.1 Å². The Kier molecular flexibility index (Phi) is 5.97. The van der Waals surface area contributed by atoms with Crippen molar-refractivity contribution in [3.63, 3.8) is 0 Å². The second-order valence-corrected chi connectivity index (χ2v) is 5.82. The Hall–Kier alpha value is -1.64. The van der Waals surface area contributed by atoms with Crippen molar-refractivity contribution < 1.29 is 4.79 Å². The number of hydrogen-bond acceptors (Lipinski definition) is 2. The van der Waals surface area contributed by atoms with Gasteiger partial charge >= 0.3 is 0 Å². The third kappa shape index (κ3) is 4.42. The molecule has 0 bridgehead atoms. The number of Topliss-reactive ketones (excluding diaryl/α,β-unsaturated/α-hetero) is 1. The lowest BCUT2D eigenvalue weighted by molar-refractivity contribution is -0.118. The molecule has 21 heavy (non-hydrogen) atoms. The van der Waals surface area contributed by atoms with Gasteiger partial charge in [-0.25, -0.2) is 0 Å². The zero-order valence-electron chi connectivity index (χ0n) is 13.3. The minimum absolute atomic E-state index is 0.314. The predicted octanol–water partition coefficient (Wildman–Crippen LogP) is 4.44. The molecule has 0 unspecified atom stereocenters. The quantitative estimate of drug-likeness (QED) is 0.639. The number of aryl methyl sites for hydroxylation is 1. The first-order valence-corrected chi connectivity index (χ1v) is 8.14. The van der Waals surface area contributed by atoms with Crippen molar-refractivity contribution in [1.29, 1.82) is 0 Å². The van der Waals surface area contributed by atoms with Crippen LogP contribution in [0.4, 0.5) is 0 Å². The summed E-state index contributed by atoms with van der Waals surface area (Å²) in [5.74, 6) is 0.314. The average molecular weight is 286 g/mol. The van der Waals surface area contributed by atoms with Crippen LogP contribution >= 0.6 is 0 Å². The van der Waals surface area contributed by atoms with E-state index < -0.39 is 0 Å². The van der Waals surface area contributed by atoms with Gasteiger partial charge in [-0.05, 0) is 12.5 Å². The lowest BCUT2D eigenvalue weighted by Gasteiger charge is -2.01. The van der Waals surface area contributed by atoms with E-state index in [0.29, 0.717) is 18.6 Å². The van der Waals surface area contributed by atoms with Gasteiger partial charge in [0.15, 0.2) is 0 Å². The van der Waals surface area contributed by atoms with Crippen LogP contribution in [0.5, 0.6) is 0 Å². The second-order valence-electron chi connectivity index (χ2n) is 5.82. The van der Waals surface area contributed by atoms with E-state index >= 15 is 0 Å². The standard InChI is InChI=1S/C18H26N2O/c1-3-4-5-6-7-8-11-15(21)14-17-16-12-9-10-13-18(16)20(2)19-17/h9-10,12-13H,3-8,11,14H2,1-2H3. The molecule has 114 valence electrons. The summed E-state index contributed by atoms with van der Waals surface area (Å²) in [6.07, 6.45) is 8.50. The van der Waals surface area contributed by atoms with Gasteiger partial charge in [0.1, 0.15) is 5.78 Å². The molecule has 0 N–H and O–H groups in total. The van der Waals surface area contributed by atoms with Crippen LogP contribution in [0, 0.1) is 0 Å². The highest BCUT2D eigenvalue weighted by Gasteiger charge is 2.11. The summed E-state index contributed by atoms with van der Waals surface area (Å²) in [4.78, 5) is 12.1. The Morgan fingerprint density at radius 2 is 1.81 bits per heavy atom. The van der Waals surface area contributed by atoms with Gasteiger partial charge in [-0.3, -0.25) is 9.48 Å². The third-order valence-corrected chi connectivity index (χ3v) is 4.01. The Morgan fingerprint density at radius 3 is 2.62 bits per heavy atom. The van der Waals surface area contributed by atoms with Gasteiger partial charge in [-0.2, -0.15) is 5.10 Å². The number of ketones is 1. The van der Waals surface area contributed by atoms with Crippen LogP contribution < -0.4 is 0 Å². The molecule has 0 saturated heterocycles. The summed E-state index contributed by atoms with van der Waals surface area (Å²) >= 11 is 0. The monoisotopic (exact) mass is 286 g/mol. The molecule has 0 aliphatic rings. The van der Waals surface area contributed by atoms with Gasteiger partial charge in [-0.1, -0.05) is 57.2 Å². The Labute approximate surface area is 127 Å². The van der Waals surface area contributed by atoms with E-state index in [9.17, 15) is 4.79 Å². The normalized spacial score (nSPS) is 11.1. The van der Waals surface area contributed by atoms with Crippen LogP contribution in [0.1, 0.15) is 57.6 Å². The van der Waals surface area contributed by atoms with Crippen molar-refractivity contribution in [2.75, 3.05) is 0 Å². The van der Waals surface area contributed by atoms with Crippen LogP contribution in [0.3, 0.4) is 0 Å². The highest BCUT2D eigenvalue weighted by atomic mass is 16.1. The number of benzene rings is 1. The molecule has 3 heteroatoms. The molecule has 0 aliphatic carbocycles. The van der Waals surface area contributed by atoms with Crippen molar-refractivity contribution in [3.8, 4) is 0 Å². The number of unbranched alkanes of at least 4 members (excludes halogenated alkanes) is 5. The lowest BCUT2D eigenvalue weighted by Crippen LogP contribution is -2.04. The molecule has 1 heterocycles. The molecule has 3 nitrogen and oxygen atoms in total. The Balaban J connectivity index is 1.82.